The number of aromatic nitrogens is 2. The first kappa shape index (κ1) is 16.3. The van der Waals surface area contributed by atoms with Gasteiger partial charge in [0.2, 0.25) is 10.0 Å². The maximum absolute atomic E-state index is 12.5. The van der Waals surface area contributed by atoms with Crippen LogP contribution in [0.4, 0.5) is 5.82 Å². The van der Waals surface area contributed by atoms with E-state index in [9.17, 15) is 8.42 Å². The van der Waals surface area contributed by atoms with Crippen LogP contribution in [-0.4, -0.2) is 24.2 Å². The van der Waals surface area contributed by atoms with Gasteiger partial charge in [-0.1, -0.05) is 20.8 Å². The smallest absolute Gasteiger partial charge is 0.246 e. The van der Waals surface area contributed by atoms with Crippen molar-refractivity contribution in [2.75, 3.05) is 5.73 Å². The van der Waals surface area contributed by atoms with Crippen molar-refractivity contribution in [3.63, 3.8) is 0 Å². The molecule has 1 fully saturated rings. The van der Waals surface area contributed by atoms with Gasteiger partial charge in [-0.3, -0.25) is 4.68 Å². The number of nitrogens with one attached hydrogen (secondary N) is 1. The Morgan fingerprint density at radius 3 is 2.76 bits per heavy atom. The summed E-state index contributed by atoms with van der Waals surface area (Å²) in [6, 6.07) is -0.0138. The highest BCUT2D eigenvalue weighted by atomic mass is 32.2. The highest BCUT2D eigenvalue weighted by molar-refractivity contribution is 7.89. The molecule has 0 aliphatic heterocycles. The quantitative estimate of drug-likeness (QED) is 0.869. The molecule has 1 heterocycles. The van der Waals surface area contributed by atoms with Gasteiger partial charge < -0.3 is 5.73 Å². The van der Waals surface area contributed by atoms with Gasteiger partial charge in [0.1, 0.15) is 4.90 Å². The van der Waals surface area contributed by atoms with E-state index in [1.807, 2.05) is 6.92 Å². The van der Waals surface area contributed by atoms with Crippen molar-refractivity contribution < 1.29 is 8.42 Å². The minimum absolute atomic E-state index is 0.0138. The number of nitrogens with zero attached hydrogens (tertiary/aromatic N) is 2. The SMILES string of the molecule is CCCn1cc(S(=O)(=O)NC2CCC(C)CC2C)c(N)n1. The lowest BCUT2D eigenvalue weighted by Gasteiger charge is -2.32. The molecule has 0 radical (unpaired) electrons. The zero-order valence-corrected chi connectivity index (χ0v) is 13.9. The average Bonchev–Trinajstić information content (AvgIpc) is 2.75. The van der Waals surface area contributed by atoms with E-state index in [0.29, 0.717) is 18.4 Å². The average molecular weight is 314 g/mol. The number of nitrogen functional groups attached to an aromatic ring is 1. The molecule has 0 saturated heterocycles. The van der Waals surface area contributed by atoms with Gasteiger partial charge in [-0.15, -0.1) is 0 Å². The standard InChI is InChI=1S/C14H26N4O2S/c1-4-7-18-9-13(14(15)16-18)21(19,20)17-12-6-5-10(2)8-11(12)3/h9-12,17H,4-8H2,1-3H3,(H2,15,16). The van der Waals surface area contributed by atoms with Crippen LogP contribution in [-0.2, 0) is 16.6 Å². The topological polar surface area (TPSA) is 90.0 Å². The molecule has 3 unspecified atom stereocenters. The van der Waals surface area contributed by atoms with Gasteiger partial charge in [-0.2, -0.15) is 5.10 Å². The molecule has 0 amide bonds. The van der Waals surface area contributed by atoms with Crippen molar-refractivity contribution in [3.8, 4) is 0 Å². The van der Waals surface area contributed by atoms with Gasteiger partial charge in [0.25, 0.3) is 0 Å². The van der Waals surface area contributed by atoms with Gasteiger partial charge in [0.15, 0.2) is 5.82 Å². The fourth-order valence-electron chi connectivity index (χ4n) is 3.07. The van der Waals surface area contributed by atoms with E-state index in [0.717, 1.165) is 25.7 Å². The van der Waals surface area contributed by atoms with Crippen LogP contribution in [0, 0.1) is 11.8 Å². The molecule has 120 valence electrons. The van der Waals surface area contributed by atoms with Crippen LogP contribution in [0.3, 0.4) is 0 Å². The van der Waals surface area contributed by atoms with Crippen LogP contribution in [0.15, 0.2) is 11.1 Å². The van der Waals surface area contributed by atoms with Crippen LogP contribution in [0.25, 0.3) is 0 Å². The van der Waals surface area contributed by atoms with E-state index in [1.165, 1.54) is 6.20 Å². The van der Waals surface area contributed by atoms with Crippen molar-refractivity contribution in [2.24, 2.45) is 11.8 Å². The van der Waals surface area contributed by atoms with E-state index in [-0.39, 0.29) is 16.8 Å². The van der Waals surface area contributed by atoms with Crippen LogP contribution in [0.1, 0.15) is 46.5 Å². The lowest BCUT2D eigenvalue weighted by atomic mass is 9.80. The Morgan fingerprint density at radius 1 is 1.43 bits per heavy atom. The molecule has 0 spiro atoms. The van der Waals surface area contributed by atoms with Gasteiger partial charge in [-0.05, 0) is 37.5 Å². The van der Waals surface area contributed by atoms with Gasteiger partial charge >= 0.3 is 0 Å². The third kappa shape index (κ3) is 3.77. The molecule has 3 N–H and O–H groups in total. The summed E-state index contributed by atoms with van der Waals surface area (Å²) >= 11 is 0. The molecule has 1 saturated carbocycles. The van der Waals surface area contributed by atoms with Gasteiger partial charge in [0.05, 0.1) is 0 Å². The number of hydrogen-bond acceptors (Lipinski definition) is 4. The van der Waals surface area contributed by atoms with Crippen LogP contribution >= 0.6 is 0 Å². The maximum atomic E-state index is 12.5. The summed E-state index contributed by atoms with van der Waals surface area (Å²) in [6.07, 6.45) is 5.40. The zero-order valence-electron chi connectivity index (χ0n) is 13.0. The first-order valence-corrected chi connectivity index (χ1v) is 9.17. The second kappa shape index (κ2) is 6.36. The normalized spacial score (nSPS) is 26.9. The molecule has 1 aromatic rings. The molecule has 1 aromatic heterocycles. The Labute approximate surface area is 127 Å². The third-order valence-electron chi connectivity index (χ3n) is 4.24. The Hall–Kier alpha value is -1.08. The lowest BCUT2D eigenvalue weighted by molar-refractivity contribution is 0.249. The maximum Gasteiger partial charge on any atom is 0.246 e. The summed E-state index contributed by atoms with van der Waals surface area (Å²) in [6.45, 7) is 6.99. The summed E-state index contributed by atoms with van der Waals surface area (Å²) in [4.78, 5) is 0.0989. The fraction of sp³-hybridized carbons (Fsp3) is 0.786. The number of rotatable bonds is 5. The van der Waals surface area contributed by atoms with E-state index in [2.05, 4.69) is 23.7 Å². The highest BCUT2D eigenvalue weighted by Crippen LogP contribution is 2.30. The van der Waals surface area contributed by atoms with Gasteiger partial charge in [0, 0.05) is 18.8 Å². The van der Waals surface area contributed by atoms with Crippen LogP contribution in [0.2, 0.25) is 0 Å². The molecule has 7 heteroatoms. The molecule has 1 aliphatic rings. The molecule has 0 aromatic carbocycles. The minimum Gasteiger partial charge on any atom is -0.381 e. The molecule has 6 nitrogen and oxygen atoms in total. The molecule has 1 aliphatic carbocycles. The molecule has 0 bridgehead atoms. The number of hydrogen-bond donors (Lipinski definition) is 2. The summed E-state index contributed by atoms with van der Waals surface area (Å²) in [5.41, 5.74) is 5.77. The van der Waals surface area contributed by atoms with E-state index < -0.39 is 10.0 Å². The zero-order chi connectivity index (χ0) is 15.6. The van der Waals surface area contributed by atoms with Crippen molar-refractivity contribution in [1.29, 1.82) is 0 Å². The van der Waals surface area contributed by atoms with Crippen LogP contribution < -0.4 is 10.5 Å². The van der Waals surface area contributed by atoms with Gasteiger partial charge in [-0.25, -0.2) is 13.1 Å². The number of anilines is 1. The monoisotopic (exact) mass is 314 g/mol. The van der Waals surface area contributed by atoms with Crippen molar-refractivity contribution >= 4 is 15.8 Å². The first-order chi connectivity index (χ1) is 9.83. The Balaban J connectivity index is 2.15. The number of aryl methyl sites for hydroxylation is 1. The second-order valence-corrected chi connectivity index (χ2v) is 7.95. The Morgan fingerprint density at radius 2 is 2.14 bits per heavy atom. The second-order valence-electron chi connectivity index (χ2n) is 6.26. The van der Waals surface area contributed by atoms with E-state index >= 15 is 0 Å². The Kier molecular flexibility index (Phi) is 4.93. The molecule has 2 rings (SSSR count). The minimum atomic E-state index is -3.60. The summed E-state index contributed by atoms with van der Waals surface area (Å²) in [5.74, 6) is 1.08. The Bertz CT molecular complexity index is 582. The van der Waals surface area contributed by atoms with E-state index in [4.69, 9.17) is 5.73 Å². The molecular formula is C14H26N4O2S. The fourth-order valence-corrected chi connectivity index (χ4v) is 4.52. The predicted molar refractivity (Wildman–Crippen MR) is 83.2 cm³/mol. The number of nitrogens with two attached hydrogens (primary N) is 1. The summed E-state index contributed by atoms with van der Waals surface area (Å²) in [5, 5.41) is 4.07. The molecule has 3 atom stereocenters. The molecular weight excluding hydrogens is 288 g/mol. The summed E-state index contributed by atoms with van der Waals surface area (Å²) in [7, 11) is -3.60. The predicted octanol–water partition coefficient (Wildman–Crippen LogP) is 1.98. The van der Waals surface area contributed by atoms with Crippen molar-refractivity contribution in [1.82, 2.24) is 14.5 Å². The van der Waals surface area contributed by atoms with Crippen molar-refractivity contribution in [3.05, 3.63) is 6.20 Å². The lowest BCUT2D eigenvalue weighted by Crippen LogP contribution is -2.42. The largest absolute Gasteiger partial charge is 0.381 e. The molecule has 21 heavy (non-hydrogen) atoms. The number of sulfonamides is 1. The third-order valence-corrected chi connectivity index (χ3v) is 5.74. The van der Waals surface area contributed by atoms with E-state index in [1.54, 1.807) is 4.68 Å². The first-order valence-electron chi connectivity index (χ1n) is 7.68. The van der Waals surface area contributed by atoms with Crippen molar-refractivity contribution in [2.45, 2.75) is 63.9 Å². The highest BCUT2D eigenvalue weighted by Gasteiger charge is 2.31. The summed E-state index contributed by atoms with van der Waals surface area (Å²) < 4.78 is 29.5. The van der Waals surface area contributed by atoms with Crippen LogP contribution in [0.5, 0.6) is 0 Å².